The van der Waals surface area contributed by atoms with Crippen molar-refractivity contribution >= 4 is 46.2 Å². The third kappa shape index (κ3) is 4.06. The maximum absolute atomic E-state index is 13.1. The molecular weight excluding hydrogens is 460 g/mol. The summed E-state index contributed by atoms with van der Waals surface area (Å²) >= 11 is 5.92. The van der Waals surface area contributed by atoms with Gasteiger partial charge in [0.05, 0.1) is 16.5 Å². The van der Waals surface area contributed by atoms with Crippen LogP contribution in [0.1, 0.15) is 34.5 Å². The first-order valence-corrected chi connectivity index (χ1v) is 10.5. The van der Waals surface area contributed by atoms with Gasteiger partial charge in [-0.15, -0.1) is 0 Å². The molecule has 3 aromatic carbocycles. The standard InChI is InChI=1S/C25H17ClN2O6/c1-14(29)15-7-11-19(12-8-15)27-22(17-3-2-4-20(13-17)28(33)34)21(24(31)25(27)32)23(30)16-5-9-18(26)10-6-16/h2-13,22,30H,1H3/b23-21+/t22-/m0/s1. The molecule has 9 heteroatoms. The molecule has 1 aliphatic rings. The molecule has 34 heavy (non-hydrogen) atoms. The fourth-order valence-corrected chi connectivity index (χ4v) is 3.97. The zero-order valence-corrected chi connectivity index (χ0v) is 18.5. The fraction of sp³-hybridized carbons (Fsp3) is 0.0800. The van der Waals surface area contributed by atoms with Crippen LogP contribution in [0.15, 0.2) is 78.4 Å². The number of nitro benzene ring substituents is 1. The van der Waals surface area contributed by atoms with Crippen molar-refractivity contribution in [2.75, 3.05) is 4.90 Å². The predicted octanol–water partition coefficient (Wildman–Crippen LogP) is 5.08. The second-order valence-electron chi connectivity index (χ2n) is 7.63. The van der Waals surface area contributed by atoms with E-state index in [1.807, 2.05) is 0 Å². The average molecular weight is 477 g/mol. The van der Waals surface area contributed by atoms with Crippen molar-refractivity contribution in [1.82, 2.24) is 0 Å². The number of carbonyl (C=O) groups excluding carboxylic acids is 3. The number of hydrogen-bond donors (Lipinski definition) is 1. The Bertz CT molecular complexity index is 1360. The van der Waals surface area contributed by atoms with Crippen LogP contribution in [0.4, 0.5) is 11.4 Å². The molecule has 1 atom stereocenters. The van der Waals surface area contributed by atoms with Crippen molar-refractivity contribution in [3.63, 3.8) is 0 Å². The van der Waals surface area contributed by atoms with Gasteiger partial charge >= 0.3 is 0 Å². The van der Waals surface area contributed by atoms with E-state index >= 15 is 0 Å². The minimum absolute atomic E-state index is 0.174. The molecule has 1 amide bonds. The topological polar surface area (TPSA) is 118 Å². The number of nitro groups is 1. The van der Waals surface area contributed by atoms with Gasteiger partial charge < -0.3 is 5.11 Å². The Morgan fingerprint density at radius 1 is 1.00 bits per heavy atom. The molecule has 8 nitrogen and oxygen atoms in total. The number of aliphatic hydroxyl groups is 1. The smallest absolute Gasteiger partial charge is 0.300 e. The molecule has 0 bridgehead atoms. The molecule has 0 unspecified atom stereocenters. The van der Waals surface area contributed by atoms with Gasteiger partial charge in [-0.25, -0.2) is 0 Å². The van der Waals surface area contributed by atoms with Crippen LogP contribution in [-0.4, -0.2) is 27.5 Å². The van der Waals surface area contributed by atoms with E-state index in [0.29, 0.717) is 16.3 Å². The van der Waals surface area contributed by atoms with E-state index in [2.05, 4.69) is 0 Å². The van der Waals surface area contributed by atoms with Gasteiger partial charge in [-0.1, -0.05) is 23.7 Å². The Hall–Kier alpha value is -4.30. The summed E-state index contributed by atoms with van der Waals surface area (Å²) in [7, 11) is 0. The molecule has 1 heterocycles. The maximum Gasteiger partial charge on any atom is 0.300 e. The van der Waals surface area contributed by atoms with Crippen LogP contribution in [-0.2, 0) is 9.59 Å². The summed E-state index contributed by atoms with van der Waals surface area (Å²) in [6.45, 7) is 1.40. The van der Waals surface area contributed by atoms with E-state index < -0.39 is 28.4 Å². The summed E-state index contributed by atoms with van der Waals surface area (Å²) < 4.78 is 0. The molecule has 1 aliphatic heterocycles. The van der Waals surface area contributed by atoms with Crippen molar-refractivity contribution in [3.05, 3.63) is 110 Å². The SMILES string of the molecule is CC(=O)c1ccc(N2C(=O)C(=O)/C(=C(/O)c3ccc(Cl)cc3)[C@@H]2c2cccc([N+](=O)[O-])c2)cc1. The van der Waals surface area contributed by atoms with Crippen LogP contribution >= 0.6 is 11.6 Å². The monoisotopic (exact) mass is 476 g/mol. The third-order valence-electron chi connectivity index (χ3n) is 5.51. The Morgan fingerprint density at radius 2 is 1.62 bits per heavy atom. The van der Waals surface area contributed by atoms with Crippen molar-refractivity contribution in [1.29, 1.82) is 0 Å². The Morgan fingerprint density at radius 3 is 2.21 bits per heavy atom. The first-order valence-electron chi connectivity index (χ1n) is 10.1. The van der Waals surface area contributed by atoms with Gasteiger partial charge in [-0.2, -0.15) is 0 Å². The summed E-state index contributed by atoms with van der Waals surface area (Å²) in [6.07, 6.45) is 0. The first kappa shape index (κ1) is 22.9. The normalized spacial score (nSPS) is 17.1. The number of nitrogens with zero attached hydrogens (tertiary/aromatic N) is 2. The van der Waals surface area contributed by atoms with Gasteiger partial charge in [0.1, 0.15) is 5.76 Å². The zero-order chi connectivity index (χ0) is 24.6. The second kappa shape index (κ2) is 8.92. The molecule has 0 saturated carbocycles. The van der Waals surface area contributed by atoms with Gasteiger partial charge in [0.15, 0.2) is 5.78 Å². The molecule has 0 aromatic heterocycles. The Kier molecular flexibility index (Phi) is 6.00. The van der Waals surface area contributed by atoms with Gasteiger partial charge in [-0.3, -0.25) is 29.4 Å². The number of halogens is 1. The van der Waals surface area contributed by atoms with E-state index in [0.717, 1.165) is 4.90 Å². The molecule has 4 rings (SSSR count). The van der Waals surface area contributed by atoms with E-state index in [4.69, 9.17) is 11.6 Å². The average Bonchev–Trinajstić information content (AvgIpc) is 3.09. The quantitative estimate of drug-likeness (QED) is 0.137. The van der Waals surface area contributed by atoms with Crippen LogP contribution in [0.3, 0.4) is 0 Å². The van der Waals surface area contributed by atoms with Crippen LogP contribution in [0.25, 0.3) is 5.76 Å². The summed E-state index contributed by atoms with van der Waals surface area (Å²) in [5.74, 6) is -2.47. The number of amides is 1. The highest BCUT2D eigenvalue weighted by atomic mass is 35.5. The van der Waals surface area contributed by atoms with Crippen molar-refractivity contribution in [2.45, 2.75) is 13.0 Å². The molecular formula is C25H17ClN2O6. The minimum atomic E-state index is -1.14. The van der Waals surface area contributed by atoms with E-state index in [-0.39, 0.29) is 28.2 Å². The molecule has 170 valence electrons. The van der Waals surface area contributed by atoms with Crippen molar-refractivity contribution in [3.8, 4) is 0 Å². The number of aliphatic hydroxyl groups excluding tert-OH is 1. The Balaban J connectivity index is 1.94. The lowest BCUT2D eigenvalue weighted by Crippen LogP contribution is -2.29. The largest absolute Gasteiger partial charge is 0.507 e. The summed E-state index contributed by atoms with van der Waals surface area (Å²) in [5.41, 5.74) is 0.765. The number of ketones is 2. The van der Waals surface area contributed by atoms with Gasteiger partial charge in [0, 0.05) is 34.0 Å². The number of anilines is 1. The van der Waals surface area contributed by atoms with Gasteiger partial charge in [0.2, 0.25) is 0 Å². The minimum Gasteiger partial charge on any atom is -0.507 e. The lowest BCUT2D eigenvalue weighted by atomic mass is 9.94. The molecule has 1 N–H and O–H groups in total. The number of Topliss-reactive ketones (excluding diaryl/α,β-unsaturated/α-hetero) is 2. The van der Waals surface area contributed by atoms with E-state index in [9.17, 15) is 29.6 Å². The summed E-state index contributed by atoms with van der Waals surface area (Å²) in [4.78, 5) is 49.9. The first-order chi connectivity index (χ1) is 16.2. The highest BCUT2D eigenvalue weighted by Gasteiger charge is 2.47. The summed E-state index contributed by atoms with van der Waals surface area (Å²) in [5, 5.41) is 22.8. The van der Waals surface area contributed by atoms with Crippen LogP contribution in [0, 0.1) is 10.1 Å². The Labute approximate surface area is 198 Å². The maximum atomic E-state index is 13.1. The molecule has 3 aromatic rings. The third-order valence-corrected chi connectivity index (χ3v) is 5.76. The van der Waals surface area contributed by atoms with Crippen molar-refractivity contribution < 1.29 is 24.4 Å². The zero-order valence-electron chi connectivity index (χ0n) is 17.8. The molecule has 1 saturated heterocycles. The fourth-order valence-electron chi connectivity index (χ4n) is 3.84. The molecule has 0 aliphatic carbocycles. The van der Waals surface area contributed by atoms with Crippen LogP contribution in [0.5, 0.6) is 0 Å². The number of hydrogen-bond acceptors (Lipinski definition) is 6. The van der Waals surface area contributed by atoms with E-state index in [1.165, 1.54) is 79.7 Å². The lowest BCUT2D eigenvalue weighted by Gasteiger charge is -2.25. The molecule has 1 fully saturated rings. The van der Waals surface area contributed by atoms with Gasteiger partial charge in [-0.05, 0) is 61.0 Å². The van der Waals surface area contributed by atoms with Gasteiger partial charge in [0.25, 0.3) is 17.4 Å². The predicted molar refractivity (Wildman–Crippen MR) is 126 cm³/mol. The molecule has 0 radical (unpaired) electrons. The van der Waals surface area contributed by atoms with Crippen LogP contribution < -0.4 is 4.90 Å². The van der Waals surface area contributed by atoms with Crippen LogP contribution in [0.2, 0.25) is 5.02 Å². The summed E-state index contributed by atoms with van der Waals surface area (Å²) in [6, 6.07) is 16.5. The highest BCUT2D eigenvalue weighted by molar-refractivity contribution is 6.51. The number of non-ortho nitro benzene ring substituents is 1. The highest BCUT2D eigenvalue weighted by Crippen LogP contribution is 2.42. The van der Waals surface area contributed by atoms with E-state index in [1.54, 1.807) is 0 Å². The number of benzene rings is 3. The van der Waals surface area contributed by atoms with Crippen molar-refractivity contribution in [2.24, 2.45) is 0 Å². The molecule has 0 spiro atoms. The number of rotatable bonds is 5. The number of carbonyl (C=O) groups is 3. The second-order valence-corrected chi connectivity index (χ2v) is 8.07. The lowest BCUT2D eigenvalue weighted by molar-refractivity contribution is -0.384.